The van der Waals surface area contributed by atoms with Crippen molar-refractivity contribution < 1.29 is 18.0 Å². The Morgan fingerprint density at radius 3 is 2.10 bits per heavy atom. The molecule has 2 amide bonds. The fourth-order valence-corrected chi connectivity index (χ4v) is 5.75. The number of carbonyl (C=O) groups excluding carboxylic acids is 2. The molecule has 0 aliphatic rings. The molecule has 0 bridgehead atoms. The predicted molar refractivity (Wildman–Crippen MR) is 156 cm³/mol. The predicted octanol–water partition coefficient (Wildman–Crippen LogP) is 5.57. The second-order valence-corrected chi connectivity index (χ2v) is 11.8. The van der Waals surface area contributed by atoms with Crippen molar-refractivity contribution in [1.29, 1.82) is 0 Å². The van der Waals surface area contributed by atoms with E-state index in [0.29, 0.717) is 17.1 Å². The molecule has 0 fully saturated rings. The zero-order chi connectivity index (χ0) is 28.6. The maximum absolute atomic E-state index is 14.1. The minimum Gasteiger partial charge on any atom is -0.352 e. The lowest BCUT2D eigenvalue weighted by atomic mass is 10.1. The number of rotatable bonds is 12. The number of hydrogen-bond donors (Lipinski definition) is 1. The van der Waals surface area contributed by atoms with Crippen LogP contribution in [0.4, 0.5) is 5.69 Å². The van der Waals surface area contributed by atoms with Crippen LogP contribution in [0.15, 0.2) is 83.8 Å². The van der Waals surface area contributed by atoms with Crippen LogP contribution in [0.1, 0.15) is 44.7 Å². The minimum atomic E-state index is -4.11. The van der Waals surface area contributed by atoms with Gasteiger partial charge in [0.05, 0.1) is 10.6 Å². The number of halogens is 1. The quantitative estimate of drug-likeness (QED) is 0.309. The summed E-state index contributed by atoms with van der Waals surface area (Å²) in [5, 5.41) is 3.43. The van der Waals surface area contributed by atoms with Crippen LogP contribution in [-0.4, -0.2) is 43.8 Å². The van der Waals surface area contributed by atoms with Crippen molar-refractivity contribution in [2.45, 2.75) is 64.1 Å². The summed E-state index contributed by atoms with van der Waals surface area (Å²) in [5.74, 6) is -0.753. The molecule has 39 heavy (non-hydrogen) atoms. The van der Waals surface area contributed by atoms with Crippen LogP contribution in [0.2, 0.25) is 5.02 Å². The number of benzene rings is 3. The van der Waals surface area contributed by atoms with Gasteiger partial charge in [0.15, 0.2) is 0 Å². The maximum atomic E-state index is 14.1. The summed E-state index contributed by atoms with van der Waals surface area (Å²) in [6.45, 7) is 7.34. The highest BCUT2D eigenvalue weighted by atomic mass is 35.5. The van der Waals surface area contributed by atoms with Crippen molar-refractivity contribution in [2.75, 3.05) is 10.8 Å². The van der Waals surface area contributed by atoms with E-state index in [1.165, 1.54) is 17.0 Å². The molecule has 0 heterocycles. The highest BCUT2D eigenvalue weighted by Crippen LogP contribution is 2.26. The number of hydrogen-bond acceptors (Lipinski definition) is 4. The molecule has 7 nitrogen and oxygen atoms in total. The van der Waals surface area contributed by atoms with Crippen molar-refractivity contribution in [3.8, 4) is 0 Å². The van der Waals surface area contributed by atoms with Gasteiger partial charge in [0, 0.05) is 17.6 Å². The van der Waals surface area contributed by atoms with Crippen LogP contribution in [-0.2, 0) is 26.2 Å². The number of carbonyl (C=O) groups is 2. The Labute approximate surface area is 236 Å². The Bertz CT molecular complexity index is 1360. The number of amides is 2. The molecule has 0 aliphatic carbocycles. The SMILES string of the molecule is CCC(C)NC(=O)C(CC)N(Cc1ccccc1C)C(=O)CN(c1ccc(Cl)cc1)S(=O)(=O)c1ccccc1. The highest BCUT2D eigenvalue weighted by Gasteiger charge is 2.34. The zero-order valence-corrected chi connectivity index (χ0v) is 24.4. The Morgan fingerprint density at radius 2 is 1.51 bits per heavy atom. The van der Waals surface area contributed by atoms with Gasteiger partial charge in [0.1, 0.15) is 12.6 Å². The summed E-state index contributed by atoms with van der Waals surface area (Å²) in [7, 11) is -4.11. The van der Waals surface area contributed by atoms with Crippen LogP contribution in [0.3, 0.4) is 0 Å². The zero-order valence-electron chi connectivity index (χ0n) is 22.8. The van der Waals surface area contributed by atoms with Crippen molar-refractivity contribution in [3.63, 3.8) is 0 Å². The first-order chi connectivity index (χ1) is 18.6. The third kappa shape index (κ3) is 7.61. The topological polar surface area (TPSA) is 86.8 Å². The number of aryl methyl sites for hydroxylation is 1. The first-order valence-electron chi connectivity index (χ1n) is 13.1. The molecule has 0 saturated heterocycles. The Hall–Kier alpha value is -3.36. The summed E-state index contributed by atoms with van der Waals surface area (Å²) in [6, 6.07) is 21.0. The van der Waals surface area contributed by atoms with Crippen LogP contribution < -0.4 is 9.62 Å². The van der Waals surface area contributed by atoms with E-state index in [-0.39, 0.29) is 23.4 Å². The molecule has 2 atom stereocenters. The first-order valence-corrected chi connectivity index (χ1v) is 14.9. The van der Waals surface area contributed by atoms with Gasteiger partial charge < -0.3 is 10.2 Å². The lowest BCUT2D eigenvalue weighted by Crippen LogP contribution is -2.53. The van der Waals surface area contributed by atoms with E-state index < -0.39 is 28.5 Å². The normalized spacial score (nSPS) is 12.8. The lowest BCUT2D eigenvalue weighted by Gasteiger charge is -2.34. The molecule has 1 N–H and O–H groups in total. The largest absolute Gasteiger partial charge is 0.352 e. The first kappa shape index (κ1) is 30.2. The number of nitrogens with one attached hydrogen (secondary N) is 1. The second-order valence-electron chi connectivity index (χ2n) is 9.49. The Kier molecular flexibility index (Phi) is 10.5. The molecule has 0 saturated carbocycles. The fourth-order valence-electron chi connectivity index (χ4n) is 4.19. The van der Waals surface area contributed by atoms with Crippen LogP contribution in [0, 0.1) is 6.92 Å². The standard InChI is InChI=1S/C30H36ClN3O4S/c1-5-23(4)32-30(36)28(6-2)33(20-24-13-11-10-12-22(24)3)29(35)21-34(26-18-16-25(31)17-19-26)39(37,38)27-14-8-7-9-15-27/h7-19,23,28H,5-6,20-21H2,1-4H3,(H,32,36). The summed E-state index contributed by atoms with van der Waals surface area (Å²) < 4.78 is 28.7. The van der Waals surface area contributed by atoms with E-state index in [4.69, 9.17) is 11.6 Å². The number of anilines is 1. The van der Waals surface area contributed by atoms with Crippen LogP contribution >= 0.6 is 11.6 Å². The summed E-state index contributed by atoms with van der Waals surface area (Å²) >= 11 is 6.07. The molecule has 3 rings (SSSR count). The van der Waals surface area contributed by atoms with Gasteiger partial charge in [-0.3, -0.25) is 13.9 Å². The molecule has 9 heteroatoms. The lowest BCUT2D eigenvalue weighted by molar-refractivity contribution is -0.140. The van der Waals surface area contributed by atoms with Crippen molar-refractivity contribution in [3.05, 3.63) is 95.0 Å². The molecule has 0 radical (unpaired) electrons. The van der Waals surface area contributed by atoms with Crippen LogP contribution in [0.5, 0.6) is 0 Å². The second kappa shape index (κ2) is 13.6. The fraction of sp³-hybridized carbons (Fsp3) is 0.333. The van der Waals surface area contributed by atoms with Gasteiger partial charge in [-0.05, 0) is 74.2 Å². The van der Waals surface area contributed by atoms with E-state index in [0.717, 1.165) is 21.9 Å². The molecule has 3 aromatic carbocycles. The van der Waals surface area contributed by atoms with Crippen molar-refractivity contribution >= 4 is 39.1 Å². The van der Waals surface area contributed by atoms with Gasteiger partial charge in [0.25, 0.3) is 10.0 Å². The van der Waals surface area contributed by atoms with E-state index >= 15 is 0 Å². The molecule has 2 unspecified atom stereocenters. The molecule has 208 valence electrons. The van der Waals surface area contributed by atoms with Gasteiger partial charge in [-0.25, -0.2) is 8.42 Å². The Balaban J connectivity index is 2.05. The van der Waals surface area contributed by atoms with E-state index in [2.05, 4.69) is 5.32 Å². The van der Waals surface area contributed by atoms with Gasteiger partial charge in [-0.15, -0.1) is 0 Å². The molecule has 0 aliphatic heterocycles. The van der Waals surface area contributed by atoms with E-state index in [1.54, 1.807) is 42.5 Å². The van der Waals surface area contributed by atoms with Crippen molar-refractivity contribution in [2.24, 2.45) is 0 Å². The van der Waals surface area contributed by atoms with Gasteiger partial charge in [-0.2, -0.15) is 0 Å². The van der Waals surface area contributed by atoms with Crippen molar-refractivity contribution in [1.82, 2.24) is 10.2 Å². The monoisotopic (exact) mass is 569 g/mol. The van der Waals surface area contributed by atoms with E-state index in [9.17, 15) is 18.0 Å². The highest BCUT2D eigenvalue weighted by molar-refractivity contribution is 7.92. The molecular formula is C30H36ClN3O4S. The van der Waals surface area contributed by atoms with Crippen LogP contribution in [0.25, 0.3) is 0 Å². The summed E-state index contributed by atoms with van der Waals surface area (Å²) in [5.41, 5.74) is 2.15. The Morgan fingerprint density at radius 1 is 0.897 bits per heavy atom. The summed E-state index contributed by atoms with van der Waals surface area (Å²) in [6.07, 6.45) is 1.11. The average molecular weight is 570 g/mol. The van der Waals surface area contributed by atoms with Gasteiger partial charge in [-0.1, -0.05) is 67.9 Å². The molecular weight excluding hydrogens is 534 g/mol. The van der Waals surface area contributed by atoms with E-state index in [1.807, 2.05) is 52.0 Å². The van der Waals surface area contributed by atoms with Gasteiger partial charge >= 0.3 is 0 Å². The molecule has 0 spiro atoms. The summed E-state index contributed by atoms with van der Waals surface area (Å²) in [4.78, 5) is 28.9. The molecule has 0 aromatic heterocycles. The smallest absolute Gasteiger partial charge is 0.264 e. The van der Waals surface area contributed by atoms with Gasteiger partial charge in [0.2, 0.25) is 11.8 Å². The third-order valence-corrected chi connectivity index (χ3v) is 8.75. The maximum Gasteiger partial charge on any atom is 0.264 e. The average Bonchev–Trinajstić information content (AvgIpc) is 2.93. The number of sulfonamides is 1. The molecule has 3 aromatic rings. The third-order valence-electron chi connectivity index (χ3n) is 6.71. The number of nitrogens with zero attached hydrogens (tertiary/aromatic N) is 2. The minimum absolute atomic E-state index is 0.0553.